The lowest BCUT2D eigenvalue weighted by atomic mass is 10.1. The van der Waals surface area contributed by atoms with Crippen LogP contribution >= 0.6 is 22.6 Å². The van der Waals surface area contributed by atoms with Gasteiger partial charge in [-0.05, 0) is 35.4 Å². The number of aliphatic hydroxyl groups is 1. The van der Waals surface area contributed by atoms with Crippen molar-refractivity contribution in [2.75, 3.05) is 32.8 Å². The van der Waals surface area contributed by atoms with Crippen molar-refractivity contribution in [2.24, 2.45) is 7.05 Å². The molecule has 0 saturated carbocycles. The van der Waals surface area contributed by atoms with Crippen molar-refractivity contribution >= 4 is 22.6 Å². The van der Waals surface area contributed by atoms with Crippen molar-refractivity contribution in [1.29, 1.82) is 0 Å². The van der Waals surface area contributed by atoms with Gasteiger partial charge < -0.3 is 9.84 Å². The van der Waals surface area contributed by atoms with Gasteiger partial charge in [0.05, 0.1) is 22.5 Å². The van der Waals surface area contributed by atoms with Gasteiger partial charge in [0.1, 0.15) is 11.8 Å². The number of hydrogen-bond donors (Lipinski definition) is 1. The van der Waals surface area contributed by atoms with E-state index in [9.17, 15) is 5.11 Å². The molecular formula is C13H22IN3O2. The summed E-state index contributed by atoms with van der Waals surface area (Å²) in [6.45, 7) is 6.55. The molecule has 2 rings (SSSR count). The van der Waals surface area contributed by atoms with E-state index in [4.69, 9.17) is 4.74 Å². The van der Waals surface area contributed by atoms with Gasteiger partial charge in [-0.2, -0.15) is 5.10 Å². The van der Waals surface area contributed by atoms with Gasteiger partial charge in [-0.15, -0.1) is 0 Å². The molecule has 5 nitrogen and oxygen atoms in total. The zero-order valence-corrected chi connectivity index (χ0v) is 13.8. The second kappa shape index (κ2) is 7.01. The number of rotatable bonds is 5. The predicted octanol–water partition coefficient (Wildman–Crippen LogP) is 1.34. The molecule has 0 aliphatic carbocycles. The van der Waals surface area contributed by atoms with Crippen LogP contribution in [-0.4, -0.2) is 52.6 Å². The molecule has 0 amide bonds. The second-order valence-electron chi connectivity index (χ2n) is 4.88. The van der Waals surface area contributed by atoms with Gasteiger partial charge in [-0.3, -0.25) is 9.58 Å². The quantitative estimate of drug-likeness (QED) is 0.785. The predicted molar refractivity (Wildman–Crippen MR) is 82.1 cm³/mol. The van der Waals surface area contributed by atoms with Gasteiger partial charge in [-0.25, -0.2) is 0 Å². The summed E-state index contributed by atoms with van der Waals surface area (Å²) >= 11 is 2.29. The minimum absolute atomic E-state index is 0.471. The highest BCUT2D eigenvalue weighted by atomic mass is 127. The Hall–Kier alpha value is -0.180. The first-order valence-electron chi connectivity index (χ1n) is 6.83. The number of aliphatic hydroxyl groups excluding tert-OH is 1. The highest BCUT2D eigenvalue weighted by molar-refractivity contribution is 14.1. The maximum Gasteiger partial charge on any atom is 0.105 e. The molecule has 1 unspecified atom stereocenters. The summed E-state index contributed by atoms with van der Waals surface area (Å²) < 4.78 is 8.32. The Kier molecular flexibility index (Phi) is 5.61. The van der Waals surface area contributed by atoms with Crippen LogP contribution in [0.2, 0.25) is 0 Å². The molecule has 19 heavy (non-hydrogen) atoms. The van der Waals surface area contributed by atoms with Crippen molar-refractivity contribution in [3.05, 3.63) is 15.0 Å². The van der Waals surface area contributed by atoms with Gasteiger partial charge in [-0.1, -0.05) is 6.92 Å². The van der Waals surface area contributed by atoms with Crippen LogP contribution in [0.4, 0.5) is 0 Å². The molecule has 0 radical (unpaired) electrons. The Morgan fingerprint density at radius 3 is 2.68 bits per heavy atom. The van der Waals surface area contributed by atoms with Crippen LogP contribution in [0.5, 0.6) is 0 Å². The standard InChI is InChI=1S/C13H22IN3O2/c1-3-10-12(14)13(15-16(10)2)11(18)4-5-17-6-8-19-9-7-17/h11,18H,3-9H2,1-2H3. The Morgan fingerprint density at radius 2 is 2.11 bits per heavy atom. The molecule has 1 atom stereocenters. The van der Waals surface area contributed by atoms with Gasteiger partial charge >= 0.3 is 0 Å². The third kappa shape index (κ3) is 3.68. The van der Waals surface area contributed by atoms with Crippen LogP contribution in [0.3, 0.4) is 0 Å². The first kappa shape index (κ1) is 15.2. The Labute approximate surface area is 128 Å². The lowest BCUT2D eigenvalue weighted by Crippen LogP contribution is -2.37. The third-order valence-corrected chi connectivity index (χ3v) is 4.77. The zero-order valence-electron chi connectivity index (χ0n) is 11.6. The van der Waals surface area contributed by atoms with E-state index < -0.39 is 6.10 Å². The van der Waals surface area contributed by atoms with Gasteiger partial charge in [0, 0.05) is 26.7 Å². The average molecular weight is 379 g/mol. The van der Waals surface area contributed by atoms with E-state index >= 15 is 0 Å². The number of halogens is 1. The number of aryl methyl sites for hydroxylation is 1. The summed E-state index contributed by atoms with van der Waals surface area (Å²) in [5.74, 6) is 0. The number of ether oxygens (including phenoxy) is 1. The fraction of sp³-hybridized carbons (Fsp3) is 0.769. The lowest BCUT2D eigenvalue weighted by Gasteiger charge is -2.27. The zero-order chi connectivity index (χ0) is 13.8. The number of morpholine rings is 1. The molecule has 1 N–H and O–H groups in total. The molecule has 1 aliphatic heterocycles. The Balaban J connectivity index is 1.93. The molecule has 1 fully saturated rings. The number of hydrogen-bond acceptors (Lipinski definition) is 4. The van der Waals surface area contributed by atoms with Crippen molar-refractivity contribution in [1.82, 2.24) is 14.7 Å². The Bertz CT molecular complexity index is 416. The largest absolute Gasteiger partial charge is 0.387 e. The molecule has 0 aromatic carbocycles. The summed E-state index contributed by atoms with van der Waals surface area (Å²) in [5, 5.41) is 14.8. The smallest absolute Gasteiger partial charge is 0.105 e. The van der Waals surface area contributed by atoms with E-state index in [0.717, 1.165) is 55.0 Å². The highest BCUT2D eigenvalue weighted by Gasteiger charge is 2.20. The van der Waals surface area contributed by atoms with E-state index in [2.05, 4.69) is 39.5 Å². The summed E-state index contributed by atoms with van der Waals surface area (Å²) in [7, 11) is 1.94. The van der Waals surface area contributed by atoms with E-state index in [1.165, 1.54) is 5.69 Å². The average Bonchev–Trinajstić information content (AvgIpc) is 2.72. The van der Waals surface area contributed by atoms with E-state index in [1.54, 1.807) is 0 Å². The number of aromatic nitrogens is 2. The molecule has 6 heteroatoms. The van der Waals surface area contributed by atoms with Crippen LogP contribution in [0, 0.1) is 3.57 Å². The topological polar surface area (TPSA) is 50.5 Å². The number of nitrogens with zero attached hydrogens (tertiary/aromatic N) is 3. The molecule has 1 saturated heterocycles. The molecule has 2 heterocycles. The van der Waals surface area contributed by atoms with Gasteiger partial charge in [0.25, 0.3) is 0 Å². The van der Waals surface area contributed by atoms with Gasteiger partial charge in [0.15, 0.2) is 0 Å². The van der Waals surface area contributed by atoms with E-state index in [1.807, 2.05) is 11.7 Å². The van der Waals surface area contributed by atoms with Crippen LogP contribution in [0.25, 0.3) is 0 Å². The van der Waals surface area contributed by atoms with Gasteiger partial charge in [0.2, 0.25) is 0 Å². The first-order valence-corrected chi connectivity index (χ1v) is 7.90. The van der Waals surface area contributed by atoms with Crippen LogP contribution in [-0.2, 0) is 18.2 Å². The normalized spacial score (nSPS) is 18.7. The second-order valence-corrected chi connectivity index (χ2v) is 5.96. The lowest BCUT2D eigenvalue weighted by molar-refractivity contribution is 0.0296. The van der Waals surface area contributed by atoms with Crippen molar-refractivity contribution < 1.29 is 9.84 Å². The first-order chi connectivity index (χ1) is 9.13. The monoisotopic (exact) mass is 379 g/mol. The maximum atomic E-state index is 10.3. The van der Waals surface area contributed by atoms with E-state index in [0.29, 0.717) is 0 Å². The van der Waals surface area contributed by atoms with Crippen LogP contribution in [0.15, 0.2) is 0 Å². The fourth-order valence-electron chi connectivity index (χ4n) is 2.42. The molecule has 0 bridgehead atoms. The third-order valence-electron chi connectivity index (χ3n) is 3.60. The van der Waals surface area contributed by atoms with E-state index in [-0.39, 0.29) is 0 Å². The summed E-state index contributed by atoms with van der Waals surface area (Å²) in [6.07, 6.45) is 1.20. The minimum atomic E-state index is -0.471. The molecule has 0 spiro atoms. The minimum Gasteiger partial charge on any atom is -0.387 e. The molecule has 1 aromatic heterocycles. The summed E-state index contributed by atoms with van der Waals surface area (Å²) in [4.78, 5) is 2.34. The van der Waals surface area contributed by atoms with Crippen LogP contribution in [0.1, 0.15) is 30.8 Å². The fourth-order valence-corrected chi connectivity index (χ4v) is 3.62. The summed E-state index contributed by atoms with van der Waals surface area (Å²) in [5.41, 5.74) is 2.02. The molecule has 1 aromatic rings. The molecule has 108 valence electrons. The summed E-state index contributed by atoms with van der Waals surface area (Å²) in [6, 6.07) is 0. The maximum absolute atomic E-state index is 10.3. The SMILES string of the molecule is CCc1c(I)c(C(O)CCN2CCOCC2)nn1C. The highest BCUT2D eigenvalue weighted by Crippen LogP contribution is 2.25. The van der Waals surface area contributed by atoms with Crippen LogP contribution < -0.4 is 0 Å². The molecule has 1 aliphatic rings. The van der Waals surface area contributed by atoms with Crippen molar-refractivity contribution in [3.63, 3.8) is 0 Å². The molecular weight excluding hydrogens is 357 g/mol. The van der Waals surface area contributed by atoms with Crippen molar-refractivity contribution in [2.45, 2.75) is 25.9 Å². The Morgan fingerprint density at radius 1 is 1.42 bits per heavy atom. The van der Waals surface area contributed by atoms with Crippen molar-refractivity contribution in [3.8, 4) is 0 Å².